The molecule has 9 heteroatoms. The molecule has 0 saturated heterocycles. The highest BCUT2D eigenvalue weighted by Crippen LogP contribution is 2.17. The molecule has 2 heterocycles. The van der Waals surface area contributed by atoms with Crippen LogP contribution in [0.25, 0.3) is 11.4 Å². The van der Waals surface area contributed by atoms with E-state index < -0.39 is 0 Å². The van der Waals surface area contributed by atoms with Crippen LogP contribution in [0.3, 0.4) is 0 Å². The zero-order valence-electron chi connectivity index (χ0n) is 17.4. The van der Waals surface area contributed by atoms with Crippen molar-refractivity contribution in [1.82, 2.24) is 19.9 Å². The van der Waals surface area contributed by atoms with Crippen molar-refractivity contribution in [2.24, 2.45) is 0 Å². The first-order chi connectivity index (χ1) is 15.6. The van der Waals surface area contributed by atoms with Crippen molar-refractivity contribution in [2.45, 2.75) is 13.5 Å². The molecule has 0 spiro atoms. The molecule has 2 aromatic heterocycles. The lowest BCUT2D eigenvalue weighted by Crippen LogP contribution is -2.20. The van der Waals surface area contributed by atoms with Crippen molar-refractivity contribution in [3.05, 3.63) is 89.0 Å². The highest BCUT2D eigenvalue weighted by Gasteiger charge is 2.09. The number of hydrogen-bond acceptors (Lipinski definition) is 6. The highest BCUT2D eigenvalue weighted by molar-refractivity contribution is 7.71. The first-order valence-corrected chi connectivity index (χ1v) is 10.4. The maximum atomic E-state index is 12.2. The Morgan fingerprint density at radius 3 is 2.69 bits per heavy atom. The Kier molecular flexibility index (Phi) is 6.57. The molecule has 2 aromatic carbocycles. The monoisotopic (exact) mass is 446 g/mol. The Balaban J connectivity index is 1.36. The van der Waals surface area contributed by atoms with E-state index in [1.165, 1.54) is 0 Å². The summed E-state index contributed by atoms with van der Waals surface area (Å²) in [6, 6.07) is 18.9. The Hall–Kier alpha value is -3.98. The lowest BCUT2D eigenvalue weighted by molar-refractivity contribution is -0.118. The number of rotatable bonds is 8. The zero-order chi connectivity index (χ0) is 22.3. The van der Waals surface area contributed by atoms with Crippen LogP contribution in [0.1, 0.15) is 11.1 Å². The number of H-pyrrole nitrogens is 1. The molecule has 0 unspecified atom stereocenters. The number of amides is 1. The average Bonchev–Trinajstić information content (AvgIpc) is 3.19. The van der Waals surface area contributed by atoms with Gasteiger partial charge in [0.15, 0.2) is 12.4 Å². The van der Waals surface area contributed by atoms with Gasteiger partial charge in [-0.05, 0) is 61.1 Å². The highest BCUT2D eigenvalue weighted by atomic mass is 32.1. The first-order valence-electron chi connectivity index (χ1n) is 9.98. The summed E-state index contributed by atoms with van der Waals surface area (Å²) in [5.74, 6) is 1.05. The van der Waals surface area contributed by atoms with Gasteiger partial charge in [0.25, 0.3) is 5.91 Å². The summed E-state index contributed by atoms with van der Waals surface area (Å²) in [7, 11) is 0. The van der Waals surface area contributed by atoms with E-state index in [9.17, 15) is 4.79 Å². The zero-order valence-corrected chi connectivity index (χ0v) is 18.2. The van der Waals surface area contributed by atoms with E-state index in [1.807, 2.05) is 67.6 Å². The molecular weight excluding hydrogens is 424 g/mol. The van der Waals surface area contributed by atoms with E-state index in [0.29, 0.717) is 22.9 Å². The number of aryl methyl sites for hydroxylation is 1. The van der Waals surface area contributed by atoms with Crippen LogP contribution in [-0.4, -0.2) is 32.4 Å². The predicted molar refractivity (Wildman–Crippen MR) is 125 cm³/mol. The van der Waals surface area contributed by atoms with Crippen molar-refractivity contribution in [3.8, 4) is 17.1 Å². The van der Waals surface area contributed by atoms with Gasteiger partial charge in [0.05, 0.1) is 6.54 Å². The number of aromatic amines is 1. The minimum absolute atomic E-state index is 0.0796. The quantitative estimate of drug-likeness (QED) is 0.353. The lowest BCUT2D eigenvalue weighted by Gasteiger charge is -2.12. The third-order valence-electron chi connectivity index (χ3n) is 4.66. The molecule has 1 amide bonds. The number of nitrogens with one attached hydrogen (secondary N) is 3. The summed E-state index contributed by atoms with van der Waals surface area (Å²) >= 11 is 5.34. The predicted octanol–water partition coefficient (Wildman–Crippen LogP) is 4.07. The number of pyridine rings is 1. The molecule has 32 heavy (non-hydrogen) atoms. The number of hydrogen-bond donors (Lipinski definition) is 3. The molecular formula is C23H22N6O2S. The summed E-state index contributed by atoms with van der Waals surface area (Å²) in [6.07, 6.45) is 3.40. The molecule has 3 N–H and O–H groups in total. The molecule has 0 aliphatic rings. The SMILES string of the molecule is Cc1ccc(NC(=O)COc2cccc(CNn3c(-c4ccncc4)n[nH]c3=S)c2)cc1. The van der Waals surface area contributed by atoms with E-state index in [2.05, 4.69) is 25.9 Å². The second kappa shape index (κ2) is 9.88. The molecule has 0 radical (unpaired) electrons. The number of carbonyl (C=O) groups is 1. The maximum absolute atomic E-state index is 12.2. The van der Waals surface area contributed by atoms with Gasteiger partial charge in [0.2, 0.25) is 4.77 Å². The molecule has 0 aliphatic carbocycles. The van der Waals surface area contributed by atoms with E-state index >= 15 is 0 Å². The molecule has 8 nitrogen and oxygen atoms in total. The second-order valence-corrected chi connectivity index (χ2v) is 7.50. The standard InChI is InChI=1S/C23H22N6O2S/c1-16-5-7-19(8-6-16)26-21(30)15-31-20-4-2-3-17(13-20)14-25-29-22(27-28-23(29)32)18-9-11-24-12-10-18/h2-13,25H,14-15H2,1H3,(H,26,30)(H,28,32). The van der Waals surface area contributed by atoms with Crippen LogP contribution in [-0.2, 0) is 11.3 Å². The van der Waals surface area contributed by atoms with Gasteiger partial charge in [-0.3, -0.25) is 9.78 Å². The van der Waals surface area contributed by atoms with E-state index in [0.717, 1.165) is 22.4 Å². The lowest BCUT2D eigenvalue weighted by atomic mass is 10.2. The maximum Gasteiger partial charge on any atom is 0.262 e. The van der Waals surface area contributed by atoms with Gasteiger partial charge in [0.1, 0.15) is 5.75 Å². The fourth-order valence-corrected chi connectivity index (χ4v) is 3.23. The molecule has 162 valence electrons. The van der Waals surface area contributed by atoms with Crippen LogP contribution in [0.4, 0.5) is 5.69 Å². The second-order valence-electron chi connectivity index (χ2n) is 7.11. The summed E-state index contributed by atoms with van der Waals surface area (Å²) in [5.41, 5.74) is 6.99. The fraction of sp³-hybridized carbons (Fsp3) is 0.130. The normalized spacial score (nSPS) is 10.5. The van der Waals surface area contributed by atoms with Crippen LogP contribution in [0, 0.1) is 11.7 Å². The van der Waals surface area contributed by atoms with E-state index in [1.54, 1.807) is 17.1 Å². The van der Waals surface area contributed by atoms with Crippen molar-refractivity contribution >= 4 is 23.8 Å². The average molecular weight is 447 g/mol. The Bertz CT molecular complexity index is 1250. The number of benzene rings is 2. The van der Waals surface area contributed by atoms with Gasteiger partial charge in [-0.15, -0.1) is 0 Å². The summed E-state index contributed by atoms with van der Waals surface area (Å²) in [5, 5.41) is 9.91. The van der Waals surface area contributed by atoms with Crippen molar-refractivity contribution in [2.75, 3.05) is 17.3 Å². The number of aromatic nitrogens is 4. The number of ether oxygens (including phenoxy) is 1. The minimum Gasteiger partial charge on any atom is -0.484 e. The van der Waals surface area contributed by atoms with Gasteiger partial charge in [-0.25, -0.2) is 9.77 Å². The molecule has 0 atom stereocenters. The van der Waals surface area contributed by atoms with Gasteiger partial charge < -0.3 is 15.5 Å². The van der Waals surface area contributed by atoms with Gasteiger partial charge in [0, 0.05) is 23.6 Å². The fourth-order valence-electron chi connectivity index (χ4n) is 3.04. The Morgan fingerprint density at radius 1 is 1.12 bits per heavy atom. The molecule has 4 aromatic rings. The van der Waals surface area contributed by atoms with Crippen LogP contribution < -0.4 is 15.5 Å². The molecule has 0 fully saturated rings. The van der Waals surface area contributed by atoms with Crippen LogP contribution in [0.2, 0.25) is 0 Å². The smallest absolute Gasteiger partial charge is 0.262 e. The summed E-state index contributed by atoms with van der Waals surface area (Å²) in [6.45, 7) is 2.40. The number of carbonyl (C=O) groups excluding carboxylic acids is 1. The van der Waals surface area contributed by atoms with Gasteiger partial charge in [-0.1, -0.05) is 29.8 Å². The van der Waals surface area contributed by atoms with E-state index in [4.69, 9.17) is 17.0 Å². The molecule has 4 rings (SSSR count). The van der Waals surface area contributed by atoms with Crippen molar-refractivity contribution < 1.29 is 9.53 Å². The Morgan fingerprint density at radius 2 is 1.91 bits per heavy atom. The van der Waals surface area contributed by atoms with Crippen LogP contribution >= 0.6 is 12.2 Å². The minimum atomic E-state index is -0.218. The summed E-state index contributed by atoms with van der Waals surface area (Å²) in [4.78, 5) is 16.2. The number of nitrogens with zero attached hydrogens (tertiary/aromatic N) is 3. The Labute approximate surface area is 190 Å². The summed E-state index contributed by atoms with van der Waals surface area (Å²) < 4.78 is 7.84. The third-order valence-corrected chi connectivity index (χ3v) is 4.93. The van der Waals surface area contributed by atoms with Crippen LogP contribution in [0.5, 0.6) is 5.75 Å². The topological polar surface area (TPSA) is 96.9 Å². The van der Waals surface area contributed by atoms with Crippen molar-refractivity contribution in [3.63, 3.8) is 0 Å². The molecule has 0 saturated carbocycles. The first kappa shape index (κ1) is 21.3. The largest absolute Gasteiger partial charge is 0.484 e. The molecule has 0 bridgehead atoms. The van der Waals surface area contributed by atoms with Gasteiger partial charge >= 0.3 is 0 Å². The number of anilines is 1. The van der Waals surface area contributed by atoms with E-state index in [-0.39, 0.29) is 12.5 Å². The molecule has 0 aliphatic heterocycles. The van der Waals surface area contributed by atoms with Crippen molar-refractivity contribution in [1.29, 1.82) is 0 Å². The third kappa shape index (κ3) is 5.38. The van der Waals surface area contributed by atoms with Gasteiger partial charge in [-0.2, -0.15) is 5.10 Å². The van der Waals surface area contributed by atoms with Crippen LogP contribution in [0.15, 0.2) is 73.1 Å².